The summed E-state index contributed by atoms with van der Waals surface area (Å²) in [5, 5.41) is 2.88. The number of ether oxygens (including phenoxy) is 2. The summed E-state index contributed by atoms with van der Waals surface area (Å²) in [7, 11) is -2.44. The second-order valence-corrected chi connectivity index (χ2v) is 9.15. The number of methoxy groups -OCH3 is 1. The van der Waals surface area contributed by atoms with Crippen LogP contribution in [0.15, 0.2) is 83.8 Å². The van der Waals surface area contributed by atoms with Crippen molar-refractivity contribution in [3.63, 3.8) is 0 Å². The average Bonchev–Trinajstić information content (AvgIpc) is 2.83. The molecule has 0 fully saturated rings. The first-order valence-corrected chi connectivity index (χ1v) is 12.0. The van der Waals surface area contributed by atoms with E-state index in [4.69, 9.17) is 9.47 Å². The summed E-state index contributed by atoms with van der Waals surface area (Å²) in [5.74, 6) is 0.657. The molecule has 0 aliphatic carbocycles. The second kappa shape index (κ2) is 10.9. The zero-order valence-electron chi connectivity index (χ0n) is 18.9. The topological polar surface area (TPSA) is 84.9 Å². The highest BCUT2D eigenvalue weighted by Gasteiger charge is 2.29. The molecule has 1 amide bonds. The molecule has 0 bridgehead atoms. The molecule has 3 aromatic carbocycles. The maximum absolute atomic E-state index is 13.5. The minimum Gasteiger partial charge on any atom is -0.497 e. The second-order valence-electron chi connectivity index (χ2n) is 7.29. The molecule has 0 saturated carbocycles. The molecule has 0 aromatic heterocycles. The van der Waals surface area contributed by atoms with E-state index in [0.717, 1.165) is 9.87 Å². The summed E-state index contributed by atoms with van der Waals surface area (Å²) in [6, 6.07) is 21.8. The number of benzene rings is 3. The van der Waals surface area contributed by atoms with Gasteiger partial charge >= 0.3 is 0 Å². The van der Waals surface area contributed by atoms with E-state index < -0.39 is 22.5 Å². The van der Waals surface area contributed by atoms with E-state index in [1.54, 1.807) is 49.6 Å². The normalized spacial score (nSPS) is 12.0. The van der Waals surface area contributed by atoms with Crippen molar-refractivity contribution in [3.8, 4) is 11.5 Å². The first-order chi connectivity index (χ1) is 15.9. The third-order valence-corrected chi connectivity index (χ3v) is 6.82. The van der Waals surface area contributed by atoms with E-state index in [-0.39, 0.29) is 10.9 Å². The van der Waals surface area contributed by atoms with E-state index in [0.29, 0.717) is 23.8 Å². The number of rotatable bonds is 10. The Morgan fingerprint density at radius 3 is 2.24 bits per heavy atom. The van der Waals surface area contributed by atoms with E-state index in [2.05, 4.69) is 5.32 Å². The Kier molecular flexibility index (Phi) is 7.95. The third kappa shape index (κ3) is 5.84. The number of carbonyl (C=O) groups excluding carboxylic acids is 1. The highest BCUT2D eigenvalue weighted by Crippen LogP contribution is 2.32. The van der Waals surface area contributed by atoms with Crippen LogP contribution in [0.3, 0.4) is 0 Å². The van der Waals surface area contributed by atoms with Gasteiger partial charge in [0.1, 0.15) is 18.0 Å². The van der Waals surface area contributed by atoms with Gasteiger partial charge in [-0.25, -0.2) is 8.42 Å². The van der Waals surface area contributed by atoms with Gasteiger partial charge in [0.15, 0.2) is 0 Å². The maximum Gasteiger partial charge on any atom is 0.264 e. The Morgan fingerprint density at radius 1 is 0.970 bits per heavy atom. The predicted molar refractivity (Wildman–Crippen MR) is 128 cm³/mol. The molecule has 174 valence electrons. The Labute approximate surface area is 195 Å². The molecule has 0 aliphatic rings. The van der Waals surface area contributed by atoms with Crippen molar-refractivity contribution in [2.45, 2.75) is 24.8 Å². The van der Waals surface area contributed by atoms with Crippen LogP contribution in [0, 0.1) is 0 Å². The third-order valence-electron chi connectivity index (χ3n) is 5.05. The number of amides is 1. The molecule has 33 heavy (non-hydrogen) atoms. The van der Waals surface area contributed by atoms with Crippen molar-refractivity contribution < 1.29 is 22.7 Å². The zero-order chi connectivity index (χ0) is 23.8. The SMILES string of the molecule is CCOc1ccccc1N(CC(=O)N[C@H](C)c1ccc(OC)cc1)S(=O)(=O)c1ccccc1. The van der Waals surface area contributed by atoms with Crippen LogP contribution in [0.5, 0.6) is 11.5 Å². The fourth-order valence-electron chi connectivity index (χ4n) is 3.35. The van der Waals surface area contributed by atoms with Gasteiger partial charge in [0.2, 0.25) is 5.91 Å². The minimum absolute atomic E-state index is 0.0901. The van der Waals surface area contributed by atoms with Crippen molar-refractivity contribution in [2.75, 3.05) is 24.6 Å². The van der Waals surface area contributed by atoms with Gasteiger partial charge in [-0.2, -0.15) is 0 Å². The van der Waals surface area contributed by atoms with Gasteiger partial charge < -0.3 is 14.8 Å². The summed E-state index contributed by atoms with van der Waals surface area (Å²) < 4.78 is 39.0. The van der Waals surface area contributed by atoms with E-state index >= 15 is 0 Å². The number of hydrogen-bond donors (Lipinski definition) is 1. The number of para-hydroxylation sites is 2. The lowest BCUT2D eigenvalue weighted by molar-refractivity contribution is -0.120. The van der Waals surface area contributed by atoms with Crippen LogP contribution >= 0.6 is 0 Å². The van der Waals surface area contributed by atoms with Gasteiger partial charge in [-0.3, -0.25) is 9.10 Å². The largest absolute Gasteiger partial charge is 0.497 e. The molecule has 3 rings (SSSR count). The summed E-state index contributed by atoms with van der Waals surface area (Å²) >= 11 is 0. The number of nitrogens with zero attached hydrogens (tertiary/aromatic N) is 1. The summed E-state index contributed by atoms with van der Waals surface area (Å²) in [5.41, 5.74) is 1.17. The van der Waals surface area contributed by atoms with Gasteiger partial charge in [0, 0.05) is 0 Å². The monoisotopic (exact) mass is 468 g/mol. The van der Waals surface area contributed by atoms with Crippen molar-refractivity contribution in [1.82, 2.24) is 5.32 Å². The first-order valence-electron chi connectivity index (χ1n) is 10.6. The van der Waals surface area contributed by atoms with Crippen molar-refractivity contribution in [1.29, 1.82) is 0 Å². The predicted octanol–water partition coefficient (Wildman–Crippen LogP) is 4.17. The molecule has 0 radical (unpaired) electrons. The van der Waals surface area contributed by atoms with Crippen LogP contribution in [0.2, 0.25) is 0 Å². The maximum atomic E-state index is 13.5. The van der Waals surface area contributed by atoms with Crippen LogP contribution in [0.1, 0.15) is 25.5 Å². The summed E-state index contributed by atoms with van der Waals surface area (Å²) in [6.45, 7) is 3.61. The number of anilines is 1. The number of sulfonamides is 1. The molecule has 1 N–H and O–H groups in total. The molecule has 1 atom stereocenters. The molecule has 0 spiro atoms. The van der Waals surface area contributed by atoms with Crippen molar-refractivity contribution in [2.24, 2.45) is 0 Å². The molecular weight excluding hydrogens is 440 g/mol. The lowest BCUT2D eigenvalue weighted by Crippen LogP contribution is -2.41. The highest BCUT2D eigenvalue weighted by molar-refractivity contribution is 7.92. The standard InChI is InChI=1S/C25H28N2O5S/c1-4-32-24-13-9-8-12-23(24)27(33(29,30)22-10-6-5-7-11-22)18-25(28)26-19(2)20-14-16-21(31-3)17-15-20/h5-17,19H,4,18H2,1-3H3,(H,26,28)/t19-/m1/s1. The fraction of sp³-hybridized carbons (Fsp3) is 0.240. The quantitative estimate of drug-likeness (QED) is 0.483. The average molecular weight is 469 g/mol. The smallest absolute Gasteiger partial charge is 0.264 e. The Balaban J connectivity index is 1.90. The van der Waals surface area contributed by atoms with Gasteiger partial charge in [0.05, 0.1) is 30.3 Å². The summed E-state index contributed by atoms with van der Waals surface area (Å²) in [4.78, 5) is 13.1. The van der Waals surface area contributed by atoms with Crippen LogP contribution in [-0.2, 0) is 14.8 Å². The van der Waals surface area contributed by atoms with Crippen LogP contribution in [0.25, 0.3) is 0 Å². The van der Waals surface area contributed by atoms with Gasteiger partial charge in [-0.05, 0) is 55.8 Å². The molecule has 3 aromatic rings. The molecule has 7 nitrogen and oxygen atoms in total. The molecule has 0 heterocycles. The Bertz CT molecular complexity index is 1160. The van der Waals surface area contributed by atoms with Crippen LogP contribution < -0.4 is 19.1 Å². The van der Waals surface area contributed by atoms with Crippen molar-refractivity contribution >= 4 is 21.6 Å². The number of hydrogen-bond acceptors (Lipinski definition) is 5. The molecule has 0 aliphatic heterocycles. The highest BCUT2D eigenvalue weighted by atomic mass is 32.2. The lowest BCUT2D eigenvalue weighted by Gasteiger charge is -2.26. The minimum atomic E-state index is -4.02. The van der Waals surface area contributed by atoms with Crippen molar-refractivity contribution in [3.05, 3.63) is 84.4 Å². The Morgan fingerprint density at radius 2 is 1.61 bits per heavy atom. The van der Waals surface area contributed by atoms with Crippen LogP contribution in [-0.4, -0.2) is 34.6 Å². The molecule has 0 unspecified atom stereocenters. The Hall–Kier alpha value is -3.52. The van der Waals surface area contributed by atoms with Gasteiger partial charge in [-0.15, -0.1) is 0 Å². The van der Waals surface area contributed by atoms with E-state index in [9.17, 15) is 13.2 Å². The molecule has 8 heteroatoms. The number of nitrogens with one attached hydrogen (secondary N) is 1. The first kappa shape index (κ1) is 24.1. The molecule has 0 saturated heterocycles. The van der Waals surface area contributed by atoms with Crippen LogP contribution in [0.4, 0.5) is 5.69 Å². The zero-order valence-corrected chi connectivity index (χ0v) is 19.7. The fourth-order valence-corrected chi connectivity index (χ4v) is 4.81. The summed E-state index contributed by atoms with van der Waals surface area (Å²) in [6.07, 6.45) is 0. The number of carbonyl (C=O) groups is 1. The van der Waals surface area contributed by atoms with Gasteiger partial charge in [0.25, 0.3) is 10.0 Å². The lowest BCUT2D eigenvalue weighted by atomic mass is 10.1. The van der Waals surface area contributed by atoms with E-state index in [1.165, 1.54) is 12.1 Å². The van der Waals surface area contributed by atoms with E-state index in [1.807, 2.05) is 38.1 Å². The van der Waals surface area contributed by atoms with Gasteiger partial charge in [-0.1, -0.05) is 42.5 Å². The molecular formula is C25H28N2O5S.